The second-order valence-electron chi connectivity index (χ2n) is 6.10. The van der Waals surface area contributed by atoms with E-state index >= 15 is 0 Å². The molecule has 0 unspecified atom stereocenters. The highest BCUT2D eigenvalue weighted by atomic mass is 35.5. The molecule has 0 N–H and O–H groups in total. The number of hydrogen-bond donors (Lipinski definition) is 0. The van der Waals surface area contributed by atoms with Gasteiger partial charge in [0.2, 0.25) is 0 Å². The van der Waals surface area contributed by atoms with Crippen molar-refractivity contribution in [3.05, 3.63) is 92.8 Å². The smallest absolute Gasteiger partial charge is 0.285 e. The summed E-state index contributed by atoms with van der Waals surface area (Å²) in [4.78, 5) is 34.4. The largest absolute Gasteiger partial charge is 0.293 e. The molecule has 0 saturated carbocycles. The molecule has 0 saturated heterocycles. The topological polar surface area (TPSA) is 64.8 Å². The number of benzene rings is 2. The van der Waals surface area contributed by atoms with Crippen LogP contribution in [0, 0.1) is 0 Å². The van der Waals surface area contributed by atoms with Gasteiger partial charge in [0.25, 0.3) is 5.56 Å². The van der Waals surface area contributed by atoms with Gasteiger partial charge in [-0.1, -0.05) is 35.0 Å². The Morgan fingerprint density at radius 3 is 2.31 bits per heavy atom. The first-order chi connectivity index (χ1) is 14.0. The van der Waals surface area contributed by atoms with Crippen LogP contribution in [-0.2, 0) is 0 Å². The Hall–Kier alpha value is -2.67. The average Bonchev–Trinajstić information content (AvgIpc) is 2.73. The maximum absolute atomic E-state index is 13.1. The molecule has 4 aromatic rings. The lowest BCUT2D eigenvalue weighted by Crippen LogP contribution is -2.23. The lowest BCUT2D eigenvalue weighted by molar-refractivity contribution is 0.102. The molecule has 2 aromatic heterocycles. The summed E-state index contributed by atoms with van der Waals surface area (Å²) >= 11 is 13.1. The third kappa shape index (κ3) is 4.19. The van der Waals surface area contributed by atoms with Crippen molar-refractivity contribution in [2.75, 3.05) is 5.75 Å². The Kier molecular flexibility index (Phi) is 5.67. The lowest BCUT2D eigenvalue weighted by atomic mass is 10.1. The first-order valence-corrected chi connectivity index (χ1v) is 10.3. The number of thioether (sulfide) groups is 1. The molecule has 144 valence electrons. The zero-order valence-electron chi connectivity index (χ0n) is 14.9. The molecule has 5 nitrogen and oxygen atoms in total. The third-order valence-corrected chi connectivity index (χ3v) is 5.63. The molecule has 2 heterocycles. The highest BCUT2D eigenvalue weighted by Gasteiger charge is 2.16. The monoisotopic (exact) mass is 441 g/mol. The molecule has 0 spiro atoms. The second-order valence-corrected chi connectivity index (χ2v) is 7.92. The minimum absolute atomic E-state index is 0.0881. The van der Waals surface area contributed by atoms with Crippen LogP contribution in [-0.4, -0.2) is 26.1 Å². The van der Waals surface area contributed by atoms with E-state index in [1.807, 2.05) is 0 Å². The average molecular weight is 442 g/mol. The summed E-state index contributed by atoms with van der Waals surface area (Å²) in [6.45, 7) is 0. The Bertz CT molecular complexity index is 1260. The Labute approximate surface area is 180 Å². The highest BCUT2D eigenvalue weighted by Crippen LogP contribution is 2.23. The van der Waals surface area contributed by atoms with Crippen LogP contribution in [0.4, 0.5) is 0 Å². The van der Waals surface area contributed by atoms with Crippen molar-refractivity contribution >= 4 is 51.8 Å². The molecule has 0 bridgehead atoms. The normalized spacial score (nSPS) is 11.0. The first-order valence-electron chi connectivity index (χ1n) is 8.58. The van der Waals surface area contributed by atoms with Gasteiger partial charge in [-0.05, 0) is 60.7 Å². The van der Waals surface area contributed by atoms with Crippen molar-refractivity contribution in [1.29, 1.82) is 0 Å². The Morgan fingerprint density at radius 2 is 1.62 bits per heavy atom. The second kappa shape index (κ2) is 8.37. The summed E-state index contributed by atoms with van der Waals surface area (Å²) in [5.41, 5.74) is 1.57. The number of carbonyl (C=O) groups excluding carboxylic acids is 1. The van der Waals surface area contributed by atoms with Crippen molar-refractivity contribution in [3.8, 4) is 5.69 Å². The number of pyridine rings is 1. The summed E-state index contributed by atoms with van der Waals surface area (Å²) in [5.74, 6) is 0.0304. The van der Waals surface area contributed by atoms with E-state index in [4.69, 9.17) is 23.2 Å². The summed E-state index contributed by atoms with van der Waals surface area (Å²) in [7, 11) is 0. The van der Waals surface area contributed by atoms with E-state index in [-0.39, 0.29) is 22.6 Å². The highest BCUT2D eigenvalue weighted by molar-refractivity contribution is 7.99. The number of carbonyl (C=O) groups is 1. The molecule has 0 fully saturated rings. The molecule has 8 heteroatoms. The van der Waals surface area contributed by atoms with Gasteiger partial charge in [0, 0.05) is 21.8 Å². The minimum atomic E-state index is -0.306. The zero-order chi connectivity index (χ0) is 20.4. The summed E-state index contributed by atoms with van der Waals surface area (Å²) in [6, 6.07) is 17.0. The number of nitrogens with zero attached hydrogens (tertiary/aromatic N) is 3. The number of fused-ring (bicyclic) bond motifs is 1. The van der Waals surface area contributed by atoms with Crippen molar-refractivity contribution in [1.82, 2.24) is 14.5 Å². The number of ketones is 1. The van der Waals surface area contributed by atoms with Crippen LogP contribution in [0.25, 0.3) is 16.7 Å². The Balaban J connectivity index is 1.75. The molecule has 29 heavy (non-hydrogen) atoms. The van der Waals surface area contributed by atoms with E-state index < -0.39 is 0 Å². The van der Waals surface area contributed by atoms with Crippen LogP contribution in [0.1, 0.15) is 10.4 Å². The fraction of sp³-hybridized carbons (Fsp3) is 0.0476. The van der Waals surface area contributed by atoms with Crippen LogP contribution in [0.15, 0.2) is 76.8 Å². The number of Topliss-reactive ketones (excluding diaryl/α,β-unsaturated/α-hetero) is 1. The van der Waals surface area contributed by atoms with Crippen molar-refractivity contribution in [2.45, 2.75) is 5.16 Å². The van der Waals surface area contributed by atoms with Crippen molar-refractivity contribution < 1.29 is 4.79 Å². The molecular weight excluding hydrogens is 429 g/mol. The maximum atomic E-state index is 13.1. The van der Waals surface area contributed by atoms with Gasteiger partial charge in [0.05, 0.1) is 17.0 Å². The molecule has 0 aliphatic heterocycles. The molecular formula is C21H13Cl2N3O2S. The van der Waals surface area contributed by atoms with E-state index in [9.17, 15) is 9.59 Å². The van der Waals surface area contributed by atoms with Gasteiger partial charge in [-0.15, -0.1) is 0 Å². The quantitative estimate of drug-likeness (QED) is 0.246. The standard InChI is InChI=1S/C21H13Cl2N3O2S/c22-14-5-3-13(4-6-14)18(27)12-29-21-25-17-2-1-11-24-19(17)20(28)26(21)16-9-7-15(23)8-10-16/h1-11H,12H2. The number of hydrogen-bond acceptors (Lipinski definition) is 5. The molecule has 0 aliphatic rings. The van der Waals surface area contributed by atoms with Crippen LogP contribution < -0.4 is 5.56 Å². The summed E-state index contributed by atoms with van der Waals surface area (Å²) in [5, 5.41) is 1.52. The van der Waals surface area contributed by atoms with E-state index in [2.05, 4.69) is 9.97 Å². The van der Waals surface area contributed by atoms with E-state index in [0.29, 0.717) is 32.0 Å². The predicted molar refractivity (Wildman–Crippen MR) is 117 cm³/mol. The number of rotatable bonds is 5. The van der Waals surface area contributed by atoms with Gasteiger partial charge >= 0.3 is 0 Å². The van der Waals surface area contributed by atoms with Crippen molar-refractivity contribution in [3.63, 3.8) is 0 Å². The van der Waals surface area contributed by atoms with Crippen LogP contribution in [0.2, 0.25) is 10.0 Å². The van der Waals surface area contributed by atoms with Gasteiger partial charge in [-0.25, -0.2) is 9.97 Å². The molecule has 0 atom stereocenters. The third-order valence-electron chi connectivity index (χ3n) is 4.18. The predicted octanol–water partition coefficient (Wildman–Crippen LogP) is 5.06. The molecule has 2 aromatic carbocycles. The van der Waals surface area contributed by atoms with Crippen molar-refractivity contribution in [2.24, 2.45) is 0 Å². The SMILES string of the molecule is O=C(CSc1nc2cccnc2c(=O)n1-c1ccc(Cl)cc1)c1ccc(Cl)cc1. The van der Waals surface area contributed by atoms with Crippen LogP contribution in [0.5, 0.6) is 0 Å². The molecule has 4 rings (SSSR count). The zero-order valence-corrected chi connectivity index (χ0v) is 17.2. The number of halogens is 2. The molecule has 0 aliphatic carbocycles. The van der Waals surface area contributed by atoms with Gasteiger partial charge < -0.3 is 0 Å². The summed E-state index contributed by atoms with van der Waals surface area (Å²) < 4.78 is 1.45. The van der Waals surface area contributed by atoms with Gasteiger partial charge in [-0.2, -0.15) is 0 Å². The van der Waals surface area contributed by atoms with E-state index in [1.165, 1.54) is 16.3 Å². The fourth-order valence-electron chi connectivity index (χ4n) is 2.76. The first kappa shape index (κ1) is 19.6. The molecule has 0 amide bonds. The van der Waals surface area contributed by atoms with Gasteiger partial charge in [0.1, 0.15) is 0 Å². The maximum Gasteiger partial charge on any atom is 0.285 e. The van der Waals surface area contributed by atoms with E-state index in [0.717, 1.165) is 0 Å². The molecule has 0 radical (unpaired) electrons. The fourth-order valence-corrected chi connectivity index (χ4v) is 3.92. The van der Waals surface area contributed by atoms with Gasteiger partial charge in [-0.3, -0.25) is 14.2 Å². The lowest BCUT2D eigenvalue weighted by Gasteiger charge is -2.12. The Morgan fingerprint density at radius 1 is 0.966 bits per heavy atom. The number of aromatic nitrogens is 3. The summed E-state index contributed by atoms with van der Waals surface area (Å²) in [6.07, 6.45) is 1.55. The van der Waals surface area contributed by atoms with Crippen LogP contribution >= 0.6 is 35.0 Å². The van der Waals surface area contributed by atoms with Crippen LogP contribution in [0.3, 0.4) is 0 Å². The van der Waals surface area contributed by atoms with E-state index in [1.54, 1.807) is 66.9 Å². The minimum Gasteiger partial charge on any atom is -0.293 e. The van der Waals surface area contributed by atoms with Gasteiger partial charge in [0.15, 0.2) is 16.5 Å².